The molecule has 0 radical (unpaired) electrons. The van der Waals surface area contributed by atoms with E-state index in [0.717, 1.165) is 17.0 Å². The van der Waals surface area contributed by atoms with Gasteiger partial charge in [0, 0.05) is 30.2 Å². The second kappa shape index (κ2) is 7.49. The van der Waals surface area contributed by atoms with Crippen molar-refractivity contribution in [2.24, 2.45) is 7.05 Å². The fourth-order valence-electron chi connectivity index (χ4n) is 2.56. The fourth-order valence-corrected chi connectivity index (χ4v) is 2.56. The number of aliphatic hydroxyl groups is 1. The van der Waals surface area contributed by atoms with Crippen LogP contribution in [0.5, 0.6) is 0 Å². The van der Waals surface area contributed by atoms with Crippen LogP contribution in [0.2, 0.25) is 0 Å². The molecule has 0 saturated heterocycles. The highest BCUT2D eigenvalue weighted by molar-refractivity contribution is 5.79. The van der Waals surface area contributed by atoms with Crippen LogP contribution in [0.3, 0.4) is 0 Å². The highest BCUT2D eigenvalue weighted by Crippen LogP contribution is 2.17. The van der Waals surface area contributed by atoms with Crippen molar-refractivity contribution < 1.29 is 9.90 Å². The third-order valence-corrected chi connectivity index (χ3v) is 4.49. The van der Waals surface area contributed by atoms with E-state index in [1.165, 1.54) is 4.68 Å². The minimum absolute atomic E-state index is 0.106. The Morgan fingerprint density at radius 2 is 2.12 bits per heavy atom. The van der Waals surface area contributed by atoms with E-state index in [1.54, 1.807) is 25.4 Å². The van der Waals surface area contributed by atoms with Gasteiger partial charge in [-0.15, -0.1) is 5.10 Å². The van der Waals surface area contributed by atoms with Gasteiger partial charge in [0.15, 0.2) is 0 Å². The summed E-state index contributed by atoms with van der Waals surface area (Å²) in [5, 5.41) is 20.1. The van der Waals surface area contributed by atoms with Crippen molar-refractivity contribution in [3.05, 3.63) is 53.7 Å². The smallest absolute Gasteiger partial charge is 0.244 e. The number of rotatable bonds is 6. The van der Waals surface area contributed by atoms with Gasteiger partial charge in [-0.2, -0.15) is 0 Å². The van der Waals surface area contributed by atoms with Crippen LogP contribution in [0.4, 0.5) is 0 Å². The number of carbonyl (C=O) groups is 1. The van der Waals surface area contributed by atoms with E-state index in [2.05, 4.69) is 20.6 Å². The number of aliphatic hydroxyl groups excluding tert-OH is 1. The monoisotopic (exact) mass is 354 g/mol. The average Bonchev–Trinajstić information content (AvgIpc) is 3.27. The van der Waals surface area contributed by atoms with Crippen LogP contribution in [-0.4, -0.2) is 35.6 Å². The zero-order valence-corrected chi connectivity index (χ0v) is 15.0. The van der Waals surface area contributed by atoms with Crippen molar-refractivity contribution in [1.29, 1.82) is 0 Å². The Balaban J connectivity index is 1.65. The normalized spacial score (nSPS) is 12.2. The summed E-state index contributed by atoms with van der Waals surface area (Å²) in [5.41, 5.74) is 4.17. The van der Waals surface area contributed by atoms with E-state index in [4.69, 9.17) is 5.11 Å². The first-order valence-corrected chi connectivity index (χ1v) is 8.36. The Hall–Kier alpha value is -3.00. The predicted molar refractivity (Wildman–Crippen MR) is 95.9 cm³/mol. The lowest BCUT2D eigenvalue weighted by Crippen LogP contribution is -2.31. The molecule has 136 valence electrons. The first-order valence-electron chi connectivity index (χ1n) is 8.36. The maximum Gasteiger partial charge on any atom is 0.244 e. The molecule has 0 aliphatic heterocycles. The van der Waals surface area contributed by atoms with Gasteiger partial charge in [-0.05, 0) is 38.1 Å². The molecular weight excluding hydrogens is 332 g/mol. The van der Waals surface area contributed by atoms with Crippen molar-refractivity contribution in [3.63, 3.8) is 0 Å². The van der Waals surface area contributed by atoms with Gasteiger partial charge in [-0.3, -0.25) is 9.78 Å². The molecule has 1 unspecified atom stereocenters. The highest BCUT2D eigenvalue weighted by Gasteiger charge is 2.17. The number of hydrogen-bond donors (Lipinski definition) is 2. The van der Waals surface area contributed by atoms with E-state index in [0.29, 0.717) is 17.9 Å². The zero-order valence-electron chi connectivity index (χ0n) is 15.0. The lowest BCUT2D eigenvalue weighted by Gasteiger charge is -2.12. The van der Waals surface area contributed by atoms with Crippen LogP contribution in [0.15, 0.2) is 36.7 Å². The topological polar surface area (TPSA) is 97.9 Å². The first-order chi connectivity index (χ1) is 12.5. The molecule has 3 rings (SSSR count). The Kier molecular flexibility index (Phi) is 5.13. The summed E-state index contributed by atoms with van der Waals surface area (Å²) in [4.78, 5) is 16.5. The Bertz CT molecular complexity index is 897. The maximum atomic E-state index is 12.4. The minimum Gasteiger partial charge on any atom is -0.390 e. The Labute approximate surface area is 151 Å². The number of nitrogens with one attached hydrogen (secondary N) is 1. The molecule has 0 aliphatic rings. The van der Waals surface area contributed by atoms with Crippen molar-refractivity contribution >= 4 is 5.91 Å². The van der Waals surface area contributed by atoms with E-state index >= 15 is 0 Å². The van der Waals surface area contributed by atoms with Crippen molar-refractivity contribution in [2.75, 3.05) is 0 Å². The van der Waals surface area contributed by atoms with E-state index in [1.807, 2.05) is 36.7 Å². The molecule has 0 spiro atoms. The van der Waals surface area contributed by atoms with E-state index in [9.17, 15) is 4.79 Å². The SMILES string of the molecule is Cc1ccc(CNC(=O)C(C)n2cc(-c3ccc(CO)nc3)nn2)n1C. The van der Waals surface area contributed by atoms with Gasteiger partial charge in [-0.1, -0.05) is 5.21 Å². The van der Waals surface area contributed by atoms with Gasteiger partial charge in [0.2, 0.25) is 5.91 Å². The van der Waals surface area contributed by atoms with E-state index in [-0.39, 0.29) is 12.5 Å². The second-order valence-electron chi connectivity index (χ2n) is 6.20. The number of nitrogens with zero attached hydrogens (tertiary/aromatic N) is 5. The molecule has 2 N–H and O–H groups in total. The summed E-state index contributed by atoms with van der Waals surface area (Å²) < 4.78 is 3.57. The van der Waals surface area contributed by atoms with Crippen molar-refractivity contribution in [1.82, 2.24) is 29.9 Å². The Morgan fingerprint density at radius 1 is 1.31 bits per heavy atom. The number of hydrogen-bond acceptors (Lipinski definition) is 5. The molecule has 1 amide bonds. The molecule has 26 heavy (non-hydrogen) atoms. The third-order valence-electron chi connectivity index (χ3n) is 4.49. The first kappa shape index (κ1) is 17.8. The van der Waals surface area contributed by atoms with Crippen LogP contribution in [0.1, 0.15) is 30.0 Å². The van der Waals surface area contributed by atoms with Gasteiger partial charge in [-0.25, -0.2) is 4.68 Å². The predicted octanol–water partition coefficient (Wildman–Crippen LogP) is 1.36. The van der Waals surface area contributed by atoms with Gasteiger partial charge >= 0.3 is 0 Å². The maximum absolute atomic E-state index is 12.4. The summed E-state index contributed by atoms with van der Waals surface area (Å²) in [6.45, 7) is 4.15. The van der Waals surface area contributed by atoms with Crippen molar-refractivity contribution in [3.8, 4) is 11.3 Å². The van der Waals surface area contributed by atoms with Crippen LogP contribution in [0, 0.1) is 6.92 Å². The Morgan fingerprint density at radius 3 is 2.73 bits per heavy atom. The van der Waals surface area contributed by atoms with Gasteiger partial charge < -0.3 is 15.0 Å². The summed E-state index contributed by atoms with van der Waals surface area (Å²) >= 11 is 0. The van der Waals surface area contributed by atoms with Gasteiger partial charge in [0.25, 0.3) is 0 Å². The molecule has 0 aliphatic carbocycles. The van der Waals surface area contributed by atoms with Crippen LogP contribution >= 0.6 is 0 Å². The fraction of sp³-hybridized carbons (Fsp3) is 0.333. The van der Waals surface area contributed by atoms with Crippen LogP contribution in [-0.2, 0) is 25.0 Å². The lowest BCUT2D eigenvalue weighted by molar-refractivity contribution is -0.124. The van der Waals surface area contributed by atoms with Gasteiger partial charge in [0.1, 0.15) is 11.7 Å². The molecule has 8 nitrogen and oxygen atoms in total. The standard InChI is InChI=1S/C18H22N6O2/c1-12-4-7-16(23(12)3)9-20-18(26)13(2)24-10-17(21-22-24)14-5-6-15(11-25)19-8-14/h4-8,10,13,25H,9,11H2,1-3H3,(H,20,26). The quantitative estimate of drug-likeness (QED) is 0.696. The molecule has 0 aromatic carbocycles. The number of carbonyl (C=O) groups excluding carboxylic acids is 1. The molecule has 8 heteroatoms. The summed E-state index contributed by atoms with van der Waals surface area (Å²) in [6, 6.07) is 7.07. The molecule has 0 saturated carbocycles. The average molecular weight is 354 g/mol. The number of pyridine rings is 1. The zero-order chi connectivity index (χ0) is 18.7. The number of amides is 1. The number of aryl methyl sites for hydroxylation is 1. The summed E-state index contributed by atoms with van der Waals surface area (Å²) in [5.74, 6) is -0.131. The minimum atomic E-state index is -0.484. The van der Waals surface area contributed by atoms with E-state index < -0.39 is 6.04 Å². The number of aromatic nitrogens is 5. The van der Waals surface area contributed by atoms with Crippen molar-refractivity contribution in [2.45, 2.75) is 33.0 Å². The largest absolute Gasteiger partial charge is 0.390 e. The highest BCUT2D eigenvalue weighted by atomic mass is 16.3. The van der Waals surface area contributed by atoms with Crippen LogP contribution < -0.4 is 5.32 Å². The van der Waals surface area contributed by atoms with Gasteiger partial charge in [0.05, 0.1) is 25.0 Å². The molecule has 3 heterocycles. The summed E-state index contributed by atoms with van der Waals surface area (Å²) in [6.07, 6.45) is 3.34. The second-order valence-corrected chi connectivity index (χ2v) is 6.20. The molecule has 1 atom stereocenters. The molecule has 3 aromatic heterocycles. The molecule has 0 bridgehead atoms. The molecule has 3 aromatic rings. The molecule has 0 fully saturated rings. The van der Waals surface area contributed by atoms with Crippen LogP contribution in [0.25, 0.3) is 11.3 Å². The lowest BCUT2D eigenvalue weighted by atomic mass is 10.2. The molecular formula is C18H22N6O2. The third kappa shape index (κ3) is 3.65. The summed E-state index contributed by atoms with van der Waals surface area (Å²) in [7, 11) is 1.97.